The second-order valence-electron chi connectivity index (χ2n) is 6.33. The van der Waals surface area contributed by atoms with E-state index >= 15 is 0 Å². The molecule has 5 nitrogen and oxygen atoms in total. The molecule has 1 aromatic carbocycles. The van der Waals surface area contributed by atoms with Crippen LogP contribution in [0.25, 0.3) is 0 Å². The number of nitrogens with one attached hydrogen (secondary N) is 1. The van der Waals surface area contributed by atoms with Crippen LogP contribution in [0, 0.1) is 6.92 Å². The first-order valence-electron chi connectivity index (χ1n) is 8.66. The van der Waals surface area contributed by atoms with Crippen molar-refractivity contribution in [1.29, 1.82) is 0 Å². The molecule has 25 heavy (non-hydrogen) atoms. The molecule has 1 N–H and O–H groups in total. The second-order valence-corrected chi connectivity index (χ2v) is 7.50. The van der Waals surface area contributed by atoms with Gasteiger partial charge in [-0.2, -0.15) is 0 Å². The summed E-state index contributed by atoms with van der Waals surface area (Å²) in [7, 11) is 0. The van der Waals surface area contributed by atoms with Gasteiger partial charge in [-0.05, 0) is 38.8 Å². The van der Waals surface area contributed by atoms with Crippen LogP contribution in [-0.2, 0) is 0 Å². The Kier molecular flexibility index (Phi) is 5.58. The molecule has 3 rings (SSSR count). The lowest BCUT2D eigenvalue weighted by Crippen LogP contribution is -2.36. The molecule has 2 aromatic rings. The van der Waals surface area contributed by atoms with Crippen LogP contribution in [0.2, 0.25) is 0 Å². The predicted octanol–water partition coefficient (Wildman–Crippen LogP) is 3.21. The van der Waals surface area contributed by atoms with Crippen molar-refractivity contribution < 1.29 is 4.79 Å². The van der Waals surface area contributed by atoms with Crippen LogP contribution in [0.4, 0.5) is 0 Å². The van der Waals surface area contributed by atoms with Crippen molar-refractivity contribution in [2.75, 3.05) is 18.8 Å². The highest BCUT2D eigenvalue weighted by Crippen LogP contribution is 2.37. The standard InChI is InChI=1S/C19H23N3O2S/c1-3-22(10-11-25-15-8-4-13(2)5-9-15)19(24)16-12-20-17(14-6-7-14)21-18(16)23/h4-5,8-9,12,14H,3,6-7,10-11H2,1-2H3,(H,20,21,23). The van der Waals surface area contributed by atoms with Crippen LogP contribution < -0.4 is 5.56 Å². The van der Waals surface area contributed by atoms with E-state index in [0.29, 0.717) is 24.8 Å². The number of carbonyl (C=O) groups is 1. The van der Waals surface area contributed by atoms with E-state index in [2.05, 4.69) is 41.2 Å². The summed E-state index contributed by atoms with van der Waals surface area (Å²) >= 11 is 1.71. The van der Waals surface area contributed by atoms with Gasteiger partial charge in [-0.3, -0.25) is 9.59 Å². The van der Waals surface area contributed by atoms with Crippen LogP contribution in [-0.4, -0.2) is 39.6 Å². The van der Waals surface area contributed by atoms with Crippen molar-refractivity contribution in [3.8, 4) is 0 Å². The molecule has 132 valence electrons. The molecule has 0 aliphatic heterocycles. The summed E-state index contributed by atoms with van der Waals surface area (Å²) in [5.74, 6) is 1.61. The minimum Gasteiger partial charge on any atom is -0.338 e. The molecule has 0 unspecified atom stereocenters. The van der Waals surface area contributed by atoms with E-state index in [0.717, 1.165) is 18.6 Å². The Balaban J connectivity index is 1.60. The molecule has 0 bridgehead atoms. The smallest absolute Gasteiger partial charge is 0.263 e. The SMILES string of the molecule is CCN(CCSc1ccc(C)cc1)C(=O)c1cnc(C2CC2)[nH]c1=O. The maximum atomic E-state index is 12.6. The van der Waals surface area contributed by atoms with Crippen LogP contribution in [0.1, 0.15) is 47.4 Å². The zero-order valence-electron chi connectivity index (χ0n) is 14.6. The van der Waals surface area contributed by atoms with E-state index in [4.69, 9.17) is 0 Å². The van der Waals surface area contributed by atoms with Crippen LogP contribution in [0.5, 0.6) is 0 Å². The number of carbonyl (C=O) groups excluding carboxylic acids is 1. The average Bonchev–Trinajstić information content (AvgIpc) is 3.45. The Morgan fingerprint density at radius 3 is 2.64 bits per heavy atom. The van der Waals surface area contributed by atoms with Crippen LogP contribution in [0.15, 0.2) is 40.2 Å². The molecule has 1 amide bonds. The maximum absolute atomic E-state index is 12.6. The third-order valence-electron chi connectivity index (χ3n) is 4.33. The molecule has 1 aromatic heterocycles. The highest BCUT2D eigenvalue weighted by atomic mass is 32.2. The van der Waals surface area contributed by atoms with Crippen molar-refractivity contribution in [1.82, 2.24) is 14.9 Å². The lowest BCUT2D eigenvalue weighted by atomic mass is 10.2. The van der Waals surface area contributed by atoms with E-state index < -0.39 is 0 Å². The van der Waals surface area contributed by atoms with Gasteiger partial charge in [0.15, 0.2) is 0 Å². The monoisotopic (exact) mass is 357 g/mol. The van der Waals surface area contributed by atoms with Crippen molar-refractivity contribution in [3.05, 3.63) is 57.8 Å². The second kappa shape index (κ2) is 7.87. The van der Waals surface area contributed by atoms with Gasteiger partial charge < -0.3 is 9.88 Å². The largest absolute Gasteiger partial charge is 0.338 e. The van der Waals surface area contributed by atoms with Gasteiger partial charge in [-0.25, -0.2) is 4.98 Å². The van der Waals surface area contributed by atoms with E-state index in [-0.39, 0.29) is 17.0 Å². The number of benzene rings is 1. The summed E-state index contributed by atoms with van der Waals surface area (Å²) in [6.07, 6.45) is 3.56. The Hall–Kier alpha value is -2.08. The molecule has 1 aliphatic rings. The zero-order chi connectivity index (χ0) is 17.8. The Morgan fingerprint density at radius 1 is 1.32 bits per heavy atom. The summed E-state index contributed by atoms with van der Waals surface area (Å²) in [5, 5.41) is 0. The molecule has 0 radical (unpaired) electrons. The average molecular weight is 357 g/mol. The summed E-state index contributed by atoms with van der Waals surface area (Å²) in [4.78, 5) is 34.8. The van der Waals surface area contributed by atoms with E-state index in [9.17, 15) is 9.59 Å². The number of H-pyrrole nitrogens is 1. The first-order chi connectivity index (χ1) is 12.1. The van der Waals surface area contributed by atoms with Gasteiger partial charge in [0.25, 0.3) is 11.5 Å². The van der Waals surface area contributed by atoms with Gasteiger partial charge >= 0.3 is 0 Å². The van der Waals surface area contributed by atoms with Gasteiger partial charge in [-0.1, -0.05) is 17.7 Å². The van der Waals surface area contributed by atoms with Gasteiger partial charge in [0, 0.05) is 35.9 Å². The number of hydrogen-bond donors (Lipinski definition) is 1. The Bertz CT molecular complexity index is 797. The minimum atomic E-state index is -0.327. The van der Waals surface area contributed by atoms with Crippen molar-refractivity contribution in [2.24, 2.45) is 0 Å². The fourth-order valence-electron chi connectivity index (χ4n) is 2.61. The number of amides is 1. The third kappa shape index (κ3) is 4.51. The zero-order valence-corrected chi connectivity index (χ0v) is 15.4. The highest BCUT2D eigenvalue weighted by molar-refractivity contribution is 7.99. The molecule has 1 aliphatic carbocycles. The molecular weight excluding hydrogens is 334 g/mol. The van der Waals surface area contributed by atoms with Crippen LogP contribution in [0.3, 0.4) is 0 Å². The third-order valence-corrected chi connectivity index (χ3v) is 5.33. The summed E-state index contributed by atoms with van der Waals surface area (Å²) in [6.45, 7) is 5.15. The molecule has 0 atom stereocenters. The number of aromatic amines is 1. The number of rotatable bonds is 7. The molecule has 0 saturated heterocycles. The van der Waals surface area contributed by atoms with Gasteiger partial charge in [-0.15, -0.1) is 11.8 Å². The minimum absolute atomic E-state index is 0.131. The number of aromatic nitrogens is 2. The fraction of sp³-hybridized carbons (Fsp3) is 0.421. The van der Waals surface area contributed by atoms with Crippen molar-refractivity contribution in [2.45, 2.75) is 37.5 Å². The Labute approximate surface area is 151 Å². The molecule has 1 heterocycles. The number of nitrogens with zero attached hydrogens (tertiary/aromatic N) is 2. The number of thioether (sulfide) groups is 1. The van der Waals surface area contributed by atoms with E-state index in [1.165, 1.54) is 16.7 Å². The quantitative estimate of drug-likeness (QED) is 0.773. The van der Waals surface area contributed by atoms with Crippen molar-refractivity contribution in [3.63, 3.8) is 0 Å². The maximum Gasteiger partial charge on any atom is 0.263 e. The lowest BCUT2D eigenvalue weighted by molar-refractivity contribution is 0.0772. The number of aryl methyl sites for hydroxylation is 1. The van der Waals surface area contributed by atoms with Gasteiger partial charge in [0.2, 0.25) is 0 Å². The predicted molar refractivity (Wildman–Crippen MR) is 100 cm³/mol. The molecule has 0 spiro atoms. The molecule has 1 saturated carbocycles. The van der Waals surface area contributed by atoms with Gasteiger partial charge in [0.1, 0.15) is 11.4 Å². The highest BCUT2D eigenvalue weighted by Gasteiger charge is 2.27. The summed E-state index contributed by atoms with van der Waals surface area (Å²) in [6, 6.07) is 8.34. The topological polar surface area (TPSA) is 66.1 Å². The molecule has 1 fully saturated rings. The van der Waals surface area contributed by atoms with Crippen LogP contribution >= 0.6 is 11.8 Å². The van der Waals surface area contributed by atoms with E-state index in [1.54, 1.807) is 16.7 Å². The van der Waals surface area contributed by atoms with Crippen molar-refractivity contribution >= 4 is 17.7 Å². The van der Waals surface area contributed by atoms with E-state index in [1.807, 2.05) is 6.92 Å². The first kappa shape index (κ1) is 17.7. The number of hydrogen-bond acceptors (Lipinski definition) is 4. The fourth-order valence-corrected chi connectivity index (χ4v) is 3.48. The Morgan fingerprint density at radius 2 is 2.04 bits per heavy atom. The summed E-state index contributed by atoms with van der Waals surface area (Å²) < 4.78 is 0. The molecule has 6 heteroatoms. The normalized spacial score (nSPS) is 13.7. The first-order valence-corrected chi connectivity index (χ1v) is 9.65. The molecular formula is C19H23N3O2S. The van der Waals surface area contributed by atoms with Gasteiger partial charge in [0.05, 0.1) is 0 Å². The summed E-state index contributed by atoms with van der Waals surface area (Å²) in [5.41, 5.74) is 1.04. The lowest BCUT2D eigenvalue weighted by Gasteiger charge is -2.20.